The summed E-state index contributed by atoms with van der Waals surface area (Å²) < 4.78 is 24.6. The van der Waals surface area contributed by atoms with Crippen LogP contribution in [0.4, 0.5) is 0 Å². The predicted octanol–water partition coefficient (Wildman–Crippen LogP) is -0.0825. The first-order valence-electron chi connectivity index (χ1n) is 3.68. The van der Waals surface area contributed by atoms with Crippen LogP contribution >= 0.6 is 0 Å². The predicted molar refractivity (Wildman–Crippen MR) is 44.0 cm³/mol. The Morgan fingerprint density at radius 1 is 1.55 bits per heavy atom. The van der Waals surface area contributed by atoms with E-state index in [1.807, 2.05) is 6.92 Å². The highest BCUT2D eigenvalue weighted by molar-refractivity contribution is 7.67. The van der Waals surface area contributed by atoms with Gasteiger partial charge in [0.25, 0.3) is 11.0 Å². The second-order valence-electron chi connectivity index (χ2n) is 2.28. The van der Waals surface area contributed by atoms with Crippen molar-refractivity contribution < 1.29 is 12.6 Å². The fraction of sp³-hybridized carbons (Fsp3) is 1.00. The van der Waals surface area contributed by atoms with Crippen LogP contribution in [0.25, 0.3) is 0 Å². The molecule has 0 aliphatic carbocycles. The Morgan fingerprint density at radius 2 is 2.18 bits per heavy atom. The van der Waals surface area contributed by atoms with E-state index in [2.05, 4.69) is 9.50 Å². The summed E-state index contributed by atoms with van der Waals surface area (Å²) in [5, 5.41) is 3.08. The van der Waals surface area contributed by atoms with Gasteiger partial charge in [-0.3, -0.25) is 4.18 Å². The van der Waals surface area contributed by atoms with E-state index in [-0.39, 0.29) is 6.10 Å². The van der Waals surface area contributed by atoms with E-state index in [0.29, 0.717) is 0 Å². The topological polar surface area (TPSA) is 55.4 Å². The van der Waals surface area contributed by atoms with Crippen molar-refractivity contribution in [1.29, 1.82) is 0 Å². The Morgan fingerprint density at radius 3 is 2.64 bits per heavy atom. The summed E-state index contributed by atoms with van der Waals surface area (Å²) in [5.41, 5.74) is 0. The van der Waals surface area contributed by atoms with Gasteiger partial charge in [-0.1, -0.05) is 6.92 Å². The van der Waals surface area contributed by atoms with Gasteiger partial charge >= 0.3 is 0 Å². The summed E-state index contributed by atoms with van der Waals surface area (Å²) in [6.07, 6.45) is 0.507. The molecule has 0 bridgehead atoms. The van der Waals surface area contributed by atoms with E-state index in [1.54, 1.807) is 6.92 Å². The van der Waals surface area contributed by atoms with Gasteiger partial charge in [-0.2, -0.15) is 0 Å². The first kappa shape index (κ1) is 10.9. The van der Waals surface area contributed by atoms with Crippen LogP contribution in [0.5, 0.6) is 0 Å². The maximum absolute atomic E-state index is 10.0. The Balaban J connectivity index is 3.29. The normalized spacial score (nSPS) is 13.7. The average molecular weight is 181 g/mol. The maximum atomic E-state index is 10.0. The summed E-state index contributed by atoms with van der Waals surface area (Å²) in [7, 11) is -2.69. The molecule has 4 nitrogen and oxygen atoms in total. The van der Waals surface area contributed by atoms with E-state index in [0.717, 1.165) is 19.5 Å². The van der Waals surface area contributed by atoms with Crippen LogP contribution in [0.3, 0.4) is 0 Å². The van der Waals surface area contributed by atoms with Crippen molar-refractivity contribution in [2.75, 3.05) is 13.1 Å². The van der Waals surface area contributed by atoms with Gasteiger partial charge in [0.2, 0.25) is 0 Å². The fourth-order valence-corrected chi connectivity index (χ4v) is 1.08. The van der Waals surface area contributed by atoms with Crippen molar-refractivity contribution in [3.05, 3.63) is 0 Å². The number of hydrogen-bond donors (Lipinski definition) is 2. The van der Waals surface area contributed by atoms with Crippen molar-refractivity contribution in [3.8, 4) is 0 Å². The van der Waals surface area contributed by atoms with Crippen LogP contribution < -0.4 is 5.32 Å². The zero-order valence-corrected chi connectivity index (χ0v) is 7.77. The maximum Gasteiger partial charge on any atom is 0.257 e. The van der Waals surface area contributed by atoms with Crippen LogP contribution in [0.15, 0.2) is 0 Å². The molecule has 1 unspecified atom stereocenters. The molecular weight excluding hydrogens is 166 g/mol. The zero-order valence-electron chi connectivity index (χ0n) is 6.87. The van der Waals surface area contributed by atoms with Crippen LogP contribution in [-0.4, -0.2) is 27.6 Å². The van der Waals surface area contributed by atoms with Gasteiger partial charge in [0.15, 0.2) is 0 Å². The van der Waals surface area contributed by atoms with Crippen molar-refractivity contribution >= 4 is 11.0 Å². The summed E-state index contributed by atoms with van der Waals surface area (Å²) in [6.45, 7) is 5.43. The third-order valence-corrected chi connectivity index (χ3v) is 1.78. The summed E-state index contributed by atoms with van der Waals surface area (Å²) in [6, 6.07) is 0. The lowest BCUT2D eigenvalue weighted by molar-refractivity contribution is 0.227. The molecule has 0 aromatic carbocycles. The summed E-state index contributed by atoms with van der Waals surface area (Å²) >= 11 is 0. The molecule has 0 aromatic heterocycles. The second kappa shape index (κ2) is 6.57. The second-order valence-corrected chi connectivity index (χ2v) is 2.94. The monoisotopic (exact) mass is 181 g/mol. The number of rotatable bonds is 6. The van der Waals surface area contributed by atoms with Crippen LogP contribution in [0, 0.1) is 0 Å². The van der Waals surface area contributed by atoms with Crippen LogP contribution in [0.1, 0.15) is 20.3 Å². The van der Waals surface area contributed by atoms with Crippen LogP contribution in [0.2, 0.25) is 0 Å². The molecule has 0 aromatic rings. The minimum atomic E-state index is -2.69. The molecular formula is C6H15NO3S. The fourth-order valence-electron chi connectivity index (χ4n) is 0.682. The van der Waals surface area contributed by atoms with E-state index in [4.69, 9.17) is 0 Å². The minimum absolute atomic E-state index is 0.213. The van der Waals surface area contributed by atoms with E-state index in [1.165, 1.54) is 0 Å². The summed E-state index contributed by atoms with van der Waals surface area (Å²) in [5.74, 6) is 0. The third kappa shape index (κ3) is 7.77. The lowest BCUT2D eigenvalue weighted by Crippen LogP contribution is -2.19. The third-order valence-electron chi connectivity index (χ3n) is 1.24. The molecule has 0 amide bonds. The first-order valence-corrected chi connectivity index (χ1v) is 4.78. The minimum Gasteiger partial charge on any atom is -0.317 e. The molecule has 5 heteroatoms. The molecule has 0 saturated heterocycles. The molecule has 0 fully saturated rings. The van der Waals surface area contributed by atoms with Crippen LogP contribution in [-0.2, 0) is 15.2 Å². The lowest BCUT2D eigenvalue weighted by Gasteiger charge is -2.06. The van der Waals surface area contributed by atoms with E-state index < -0.39 is 11.0 Å². The smallest absolute Gasteiger partial charge is 0.257 e. The summed E-state index contributed by atoms with van der Waals surface area (Å²) in [4.78, 5) is 0. The average Bonchev–Trinajstić information content (AvgIpc) is 1.86. The van der Waals surface area contributed by atoms with Crippen molar-refractivity contribution in [2.24, 2.45) is 0 Å². The highest BCUT2D eigenvalue weighted by atomic mass is 32.2. The van der Waals surface area contributed by atoms with Crippen molar-refractivity contribution in [3.63, 3.8) is 0 Å². The number of hydrogen-bond acceptors (Lipinski definition) is 4. The number of thiol groups is 1. The van der Waals surface area contributed by atoms with Gasteiger partial charge in [0, 0.05) is 0 Å². The van der Waals surface area contributed by atoms with Gasteiger partial charge in [-0.05, 0) is 26.4 Å². The SMILES string of the molecule is CCNCCC(C)O[SH](=O)=O. The van der Waals surface area contributed by atoms with Gasteiger partial charge in [0.1, 0.15) is 0 Å². The zero-order chi connectivity index (χ0) is 8.69. The van der Waals surface area contributed by atoms with Crippen molar-refractivity contribution in [2.45, 2.75) is 26.4 Å². The molecule has 1 atom stereocenters. The van der Waals surface area contributed by atoms with Gasteiger partial charge in [0.05, 0.1) is 6.10 Å². The molecule has 0 spiro atoms. The Kier molecular flexibility index (Phi) is 6.49. The number of nitrogens with one attached hydrogen (secondary N) is 1. The van der Waals surface area contributed by atoms with Crippen molar-refractivity contribution in [1.82, 2.24) is 5.32 Å². The molecule has 0 heterocycles. The molecule has 11 heavy (non-hydrogen) atoms. The van der Waals surface area contributed by atoms with Gasteiger partial charge in [-0.25, -0.2) is 8.42 Å². The quantitative estimate of drug-likeness (QED) is 0.444. The molecule has 68 valence electrons. The molecule has 1 N–H and O–H groups in total. The molecule has 0 aliphatic rings. The van der Waals surface area contributed by atoms with Gasteiger partial charge in [-0.15, -0.1) is 0 Å². The van der Waals surface area contributed by atoms with E-state index in [9.17, 15) is 8.42 Å². The van der Waals surface area contributed by atoms with E-state index >= 15 is 0 Å². The molecule has 0 aliphatic heterocycles. The van der Waals surface area contributed by atoms with Gasteiger partial charge < -0.3 is 5.32 Å². The standard InChI is InChI=1S/C6H15NO3S/c1-3-7-5-4-6(2)10-11(8)9/h6-7,11H,3-5H2,1-2H3. The lowest BCUT2D eigenvalue weighted by atomic mass is 10.3. The highest BCUT2D eigenvalue weighted by Crippen LogP contribution is 1.94. The molecule has 0 rings (SSSR count). The molecule has 0 radical (unpaired) electrons. The Labute approximate surface area is 69.1 Å². The Hall–Kier alpha value is -0.130. The highest BCUT2D eigenvalue weighted by Gasteiger charge is 2.01. The largest absolute Gasteiger partial charge is 0.317 e. The first-order chi connectivity index (χ1) is 5.16. The molecule has 0 saturated carbocycles. The Bertz CT molecular complexity index is 150.